The predicted octanol–water partition coefficient (Wildman–Crippen LogP) is 0.705. The van der Waals surface area contributed by atoms with Crippen LogP contribution in [-0.4, -0.2) is 21.2 Å². The number of hydrogen-bond donors (Lipinski definition) is 2. The summed E-state index contributed by atoms with van der Waals surface area (Å²) in [5.41, 5.74) is 4.74. The normalized spacial score (nSPS) is 10.8. The SMILES string of the molecule is C#CCn1ncc(NC(C)(C)CC(N)=O)c(Br)c1=O. The lowest BCUT2D eigenvalue weighted by Crippen LogP contribution is -2.37. The Morgan fingerprint density at radius 2 is 2.32 bits per heavy atom. The van der Waals surface area contributed by atoms with Gasteiger partial charge in [-0.05, 0) is 29.8 Å². The molecule has 0 saturated carbocycles. The van der Waals surface area contributed by atoms with Gasteiger partial charge in [-0.2, -0.15) is 5.10 Å². The van der Waals surface area contributed by atoms with Crippen LogP contribution in [0.4, 0.5) is 5.69 Å². The second-order valence-electron chi connectivity index (χ2n) is 4.69. The van der Waals surface area contributed by atoms with E-state index in [0.717, 1.165) is 4.68 Å². The van der Waals surface area contributed by atoms with E-state index in [1.54, 1.807) is 13.8 Å². The smallest absolute Gasteiger partial charge is 0.284 e. The Kier molecular flexibility index (Phi) is 4.72. The standard InChI is InChI=1S/C12H15BrN4O2/c1-4-5-17-11(19)10(13)8(7-15-17)16-12(2,3)6-9(14)18/h1,7,16H,5-6H2,2-3H3,(H2,14,18). The monoisotopic (exact) mass is 326 g/mol. The van der Waals surface area contributed by atoms with Gasteiger partial charge in [0.25, 0.3) is 5.56 Å². The van der Waals surface area contributed by atoms with Crippen molar-refractivity contribution in [2.24, 2.45) is 5.73 Å². The van der Waals surface area contributed by atoms with E-state index < -0.39 is 11.4 Å². The molecule has 0 bridgehead atoms. The van der Waals surface area contributed by atoms with Crippen LogP contribution in [0.15, 0.2) is 15.5 Å². The van der Waals surface area contributed by atoms with Gasteiger partial charge >= 0.3 is 0 Å². The number of nitrogens with two attached hydrogens (primary N) is 1. The number of carbonyl (C=O) groups excluding carboxylic acids is 1. The summed E-state index contributed by atoms with van der Waals surface area (Å²) >= 11 is 3.20. The highest BCUT2D eigenvalue weighted by Crippen LogP contribution is 2.22. The molecule has 0 aliphatic rings. The quantitative estimate of drug-likeness (QED) is 0.779. The zero-order chi connectivity index (χ0) is 14.6. The minimum Gasteiger partial charge on any atom is -0.377 e. The zero-order valence-corrected chi connectivity index (χ0v) is 12.3. The molecule has 0 aromatic carbocycles. The molecule has 7 heteroatoms. The van der Waals surface area contributed by atoms with Gasteiger partial charge in [-0.25, -0.2) is 4.68 Å². The van der Waals surface area contributed by atoms with E-state index >= 15 is 0 Å². The molecule has 19 heavy (non-hydrogen) atoms. The number of nitrogens with one attached hydrogen (secondary N) is 1. The lowest BCUT2D eigenvalue weighted by Gasteiger charge is -2.26. The van der Waals surface area contributed by atoms with Crippen LogP contribution in [0.25, 0.3) is 0 Å². The molecule has 1 amide bonds. The molecule has 0 aliphatic carbocycles. The van der Waals surface area contributed by atoms with Crippen LogP contribution >= 0.6 is 15.9 Å². The maximum Gasteiger partial charge on any atom is 0.284 e. The lowest BCUT2D eigenvalue weighted by atomic mass is 10.00. The third kappa shape index (κ3) is 4.10. The van der Waals surface area contributed by atoms with Crippen molar-refractivity contribution in [2.75, 3.05) is 5.32 Å². The number of primary amides is 1. The Hall–Kier alpha value is -1.81. The number of rotatable bonds is 5. The van der Waals surface area contributed by atoms with Crippen LogP contribution in [0.1, 0.15) is 20.3 Å². The Morgan fingerprint density at radius 3 is 2.84 bits per heavy atom. The number of aromatic nitrogens is 2. The van der Waals surface area contributed by atoms with Crippen molar-refractivity contribution < 1.29 is 4.79 Å². The molecule has 1 aromatic heterocycles. The summed E-state index contributed by atoms with van der Waals surface area (Å²) in [5, 5.41) is 7.00. The number of hydrogen-bond acceptors (Lipinski definition) is 4. The van der Waals surface area contributed by atoms with Gasteiger partial charge < -0.3 is 11.1 Å². The number of anilines is 1. The van der Waals surface area contributed by atoms with Crippen molar-refractivity contribution in [1.29, 1.82) is 0 Å². The van der Waals surface area contributed by atoms with Crippen molar-refractivity contribution in [1.82, 2.24) is 9.78 Å². The first-order valence-electron chi connectivity index (χ1n) is 5.52. The van der Waals surface area contributed by atoms with Crippen molar-refractivity contribution in [3.63, 3.8) is 0 Å². The summed E-state index contributed by atoms with van der Waals surface area (Å²) in [4.78, 5) is 22.9. The highest BCUT2D eigenvalue weighted by Gasteiger charge is 2.22. The molecular weight excluding hydrogens is 312 g/mol. The van der Waals surface area contributed by atoms with Gasteiger partial charge in [-0.3, -0.25) is 9.59 Å². The number of halogens is 1. The van der Waals surface area contributed by atoms with E-state index in [4.69, 9.17) is 12.2 Å². The molecule has 0 radical (unpaired) electrons. The molecule has 0 spiro atoms. The number of terminal acetylenes is 1. The molecule has 102 valence electrons. The second kappa shape index (κ2) is 5.89. The number of amides is 1. The fourth-order valence-electron chi connectivity index (χ4n) is 1.60. The highest BCUT2D eigenvalue weighted by atomic mass is 79.9. The summed E-state index contributed by atoms with van der Waals surface area (Å²) in [6.07, 6.45) is 6.75. The zero-order valence-electron chi connectivity index (χ0n) is 10.7. The first kappa shape index (κ1) is 15.2. The van der Waals surface area contributed by atoms with Crippen LogP contribution in [0.2, 0.25) is 0 Å². The van der Waals surface area contributed by atoms with E-state index in [2.05, 4.69) is 32.3 Å². The average Bonchev–Trinajstić information content (AvgIpc) is 2.27. The summed E-state index contributed by atoms with van der Waals surface area (Å²) in [7, 11) is 0. The third-order valence-corrected chi connectivity index (χ3v) is 3.08. The van der Waals surface area contributed by atoms with Crippen molar-refractivity contribution in [3.8, 4) is 12.3 Å². The molecule has 1 heterocycles. The van der Waals surface area contributed by atoms with E-state index in [1.807, 2.05) is 0 Å². The molecular formula is C12H15BrN4O2. The lowest BCUT2D eigenvalue weighted by molar-refractivity contribution is -0.118. The fraction of sp³-hybridized carbons (Fsp3) is 0.417. The number of nitrogens with zero attached hydrogens (tertiary/aromatic N) is 2. The predicted molar refractivity (Wildman–Crippen MR) is 76.5 cm³/mol. The summed E-state index contributed by atoms with van der Waals surface area (Å²) < 4.78 is 1.48. The summed E-state index contributed by atoms with van der Waals surface area (Å²) in [6, 6.07) is 0. The maximum absolute atomic E-state index is 11.9. The van der Waals surface area contributed by atoms with Gasteiger partial charge in [-0.15, -0.1) is 6.42 Å². The van der Waals surface area contributed by atoms with Gasteiger partial charge in [0, 0.05) is 12.0 Å². The maximum atomic E-state index is 11.9. The first-order chi connectivity index (χ1) is 8.76. The minimum absolute atomic E-state index is 0.0996. The van der Waals surface area contributed by atoms with Crippen LogP contribution in [0.5, 0.6) is 0 Å². The van der Waals surface area contributed by atoms with Crippen molar-refractivity contribution in [2.45, 2.75) is 32.4 Å². The minimum atomic E-state index is -0.583. The molecule has 0 unspecified atom stereocenters. The van der Waals surface area contributed by atoms with E-state index in [1.165, 1.54) is 6.20 Å². The highest BCUT2D eigenvalue weighted by molar-refractivity contribution is 9.10. The van der Waals surface area contributed by atoms with Crippen LogP contribution in [0, 0.1) is 12.3 Å². The van der Waals surface area contributed by atoms with Crippen LogP contribution in [0.3, 0.4) is 0 Å². The topological polar surface area (TPSA) is 90.0 Å². The first-order valence-corrected chi connectivity index (χ1v) is 6.31. The largest absolute Gasteiger partial charge is 0.377 e. The molecule has 6 nitrogen and oxygen atoms in total. The van der Waals surface area contributed by atoms with E-state index in [0.29, 0.717) is 10.2 Å². The van der Waals surface area contributed by atoms with Crippen LogP contribution < -0.4 is 16.6 Å². The van der Waals surface area contributed by atoms with Gasteiger partial charge in [0.1, 0.15) is 11.0 Å². The van der Waals surface area contributed by atoms with E-state index in [-0.39, 0.29) is 18.5 Å². The summed E-state index contributed by atoms with van der Waals surface area (Å²) in [5.74, 6) is 1.92. The number of carbonyl (C=O) groups is 1. The van der Waals surface area contributed by atoms with Crippen LogP contribution in [-0.2, 0) is 11.3 Å². The molecule has 1 rings (SSSR count). The Balaban J connectivity index is 3.04. The molecule has 0 saturated heterocycles. The van der Waals surface area contributed by atoms with Gasteiger partial charge in [-0.1, -0.05) is 5.92 Å². The van der Waals surface area contributed by atoms with Crippen molar-refractivity contribution in [3.05, 3.63) is 21.0 Å². The summed E-state index contributed by atoms with van der Waals surface area (Å²) in [6.45, 7) is 3.71. The Labute approximate surface area is 119 Å². The molecule has 0 aliphatic heterocycles. The van der Waals surface area contributed by atoms with Crippen molar-refractivity contribution >= 4 is 27.5 Å². The van der Waals surface area contributed by atoms with Gasteiger partial charge in [0.15, 0.2) is 0 Å². The Bertz CT molecular complexity index is 586. The second-order valence-corrected chi connectivity index (χ2v) is 5.48. The fourth-order valence-corrected chi connectivity index (χ4v) is 2.00. The average molecular weight is 327 g/mol. The molecule has 0 fully saturated rings. The Morgan fingerprint density at radius 1 is 1.68 bits per heavy atom. The van der Waals surface area contributed by atoms with E-state index in [9.17, 15) is 9.59 Å². The van der Waals surface area contributed by atoms with Gasteiger partial charge in [0.2, 0.25) is 5.91 Å². The molecule has 0 atom stereocenters. The van der Waals surface area contributed by atoms with Gasteiger partial charge in [0.05, 0.1) is 11.9 Å². The third-order valence-electron chi connectivity index (χ3n) is 2.32. The molecule has 3 N–H and O–H groups in total. The molecule has 1 aromatic rings.